The third-order valence-corrected chi connectivity index (χ3v) is 6.91. The Morgan fingerprint density at radius 3 is 2.32 bits per heavy atom. The van der Waals surface area contributed by atoms with Crippen LogP contribution in [0.1, 0.15) is 43.4 Å². The van der Waals surface area contributed by atoms with Gasteiger partial charge < -0.3 is 10.6 Å². The van der Waals surface area contributed by atoms with Gasteiger partial charge in [-0.2, -0.15) is 18.3 Å². The zero-order valence-corrected chi connectivity index (χ0v) is 23.3. The molecule has 5 aromatic rings. The Hall–Kier alpha value is -4.58. The number of alkyl halides is 3. The van der Waals surface area contributed by atoms with Gasteiger partial charge in [-0.1, -0.05) is 28.1 Å². The van der Waals surface area contributed by atoms with Gasteiger partial charge in [0.05, 0.1) is 34.7 Å². The molecule has 208 valence electrons. The Morgan fingerprint density at radius 1 is 0.927 bits per heavy atom. The zero-order valence-electron chi connectivity index (χ0n) is 21.8. The number of hydrogen-bond acceptors (Lipinski definition) is 5. The minimum Gasteiger partial charge on any atom is -0.322 e. The molecule has 0 aliphatic heterocycles. The first-order valence-corrected chi connectivity index (χ1v) is 13.1. The molecule has 0 fully saturated rings. The van der Waals surface area contributed by atoms with Crippen LogP contribution in [0.2, 0.25) is 0 Å². The van der Waals surface area contributed by atoms with Gasteiger partial charge in [0.25, 0.3) is 11.8 Å². The number of hydrogen-bond donors (Lipinski definition) is 2. The molecule has 0 radical (unpaired) electrons. The van der Waals surface area contributed by atoms with Crippen molar-refractivity contribution in [3.05, 3.63) is 111 Å². The van der Waals surface area contributed by atoms with Crippen LogP contribution in [0.25, 0.3) is 10.9 Å². The quantitative estimate of drug-likeness (QED) is 0.217. The van der Waals surface area contributed by atoms with Gasteiger partial charge in [-0.3, -0.25) is 19.3 Å². The van der Waals surface area contributed by atoms with Crippen LogP contribution in [0.15, 0.2) is 77.5 Å². The molecular formula is C29H22BrF3N6O2. The highest BCUT2D eigenvalue weighted by atomic mass is 79.9. The first-order chi connectivity index (χ1) is 19.5. The highest BCUT2D eigenvalue weighted by Crippen LogP contribution is 2.32. The van der Waals surface area contributed by atoms with Crippen molar-refractivity contribution in [2.24, 2.45) is 0 Å². The monoisotopic (exact) mass is 622 g/mol. The molecule has 2 aromatic carbocycles. The van der Waals surface area contributed by atoms with E-state index in [1.165, 1.54) is 6.07 Å². The van der Waals surface area contributed by atoms with Crippen molar-refractivity contribution in [2.45, 2.75) is 26.6 Å². The Kier molecular flexibility index (Phi) is 7.59. The summed E-state index contributed by atoms with van der Waals surface area (Å²) in [5.41, 5.74) is 2.22. The summed E-state index contributed by atoms with van der Waals surface area (Å²) in [6.07, 6.45) is -1.55. The predicted octanol–water partition coefficient (Wildman–Crippen LogP) is 6.78. The van der Waals surface area contributed by atoms with Gasteiger partial charge >= 0.3 is 6.18 Å². The highest BCUT2D eigenvalue weighted by molar-refractivity contribution is 9.10. The summed E-state index contributed by atoms with van der Waals surface area (Å²) in [6.45, 7) is 3.81. The first kappa shape index (κ1) is 28.0. The van der Waals surface area contributed by atoms with E-state index < -0.39 is 17.8 Å². The minimum atomic E-state index is -4.72. The smallest absolute Gasteiger partial charge is 0.322 e. The Morgan fingerprint density at radius 2 is 1.63 bits per heavy atom. The lowest BCUT2D eigenvalue weighted by molar-refractivity contribution is -0.141. The molecular weight excluding hydrogens is 601 g/mol. The fraction of sp³-hybridized carbons (Fsp3) is 0.138. The summed E-state index contributed by atoms with van der Waals surface area (Å²) < 4.78 is 42.9. The van der Waals surface area contributed by atoms with Crippen molar-refractivity contribution in [2.75, 3.05) is 10.6 Å². The summed E-state index contributed by atoms with van der Waals surface area (Å²) in [5.74, 6) is -0.973. The van der Waals surface area contributed by atoms with Crippen LogP contribution in [0.5, 0.6) is 0 Å². The van der Waals surface area contributed by atoms with E-state index >= 15 is 0 Å². The topological polar surface area (TPSA) is 102 Å². The second-order valence-electron chi connectivity index (χ2n) is 9.26. The standard InChI is InChI=1S/C29H22BrF3N6O2/c1-16-26(37-28(41)23-14-25(29(31,32)33)36-24-8-7-20(30)13-22(23)24)17(2)39(38-16)15-18-3-5-19(6-4-18)27(40)35-21-9-11-34-12-10-21/h3-14H,15H2,1-2H3,(H,37,41)(H,34,35,40). The van der Waals surface area contributed by atoms with Crippen LogP contribution >= 0.6 is 15.9 Å². The number of aromatic nitrogens is 4. The molecule has 0 saturated carbocycles. The Balaban J connectivity index is 1.36. The molecule has 0 aliphatic rings. The Bertz CT molecular complexity index is 1770. The van der Waals surface area contributed by atoms with Crippen LogP contribution in [0.4, 0.5) is 24.5 Å². The van der Waals surface area contributed by atoms with E-state index in [0.717, 1.165) is 11.6 Å². The van der Waals surface area contributed by atoms with Crippen molar-refractivity contribution in [3.8, 4) is 0 Å². The molecule has 2 N–H and O–H groups in total. The van der Waals surface area contributed by atoms with Gasteiger partial charge in [0, 0.05) is 33.5 Å². The summed E-state index contributed by atoms with van der Waals surface area (Å²) in [6, 6.07) is 15.7. The number of fused-ring (bicyclic) bond motifs is 1. The van der Waals surface area contributed by atoms with Gasteiger partial charge in [-0.05, 0) is 67.9 Å². The average molecular weight is 623 g/mol. The molecule has 0 bridgehead atoms. The number of pyridine rings is 2. The number of amides is 2. The van der Waals surface area contributed by atoms with E-state index in [1.807, 2.05) is 0 Å². The lowest BCUT2D eigenvalue weighted by Gasteiger charge is -2.13. The largest absolute Gasteiger partial charge is 0.433 e. The van der Waals surface area contributed by atoms with E-state index in [-0.39, 0.29) is 22.4 Å². The maximum absolute atomic E-state index is 13.5. The molecule has 3 aromatic heterocycles. The lowest BCUT2D eigenvalue weighted by atomic mass is 10.1. The van der Waals surface area contributed by atoms with Crippen LogP contribution in [0, 0.1) is 13.8 Å². The third kappa shape index (κ3) is 6.12. The molecule has 41 heavy (non-hydrogen) atoms. The summed E-state index contributed by atoms with van der Waals surface area (Å²) >= 11 is 3.31. The molecule has 2 amide bonds. The van der Waals surface area contributed by atoms with Crippen LogP contribution in [0.3, 0.4) is 0 Å². The molecule has 5 rings (SSSR count). The highest BCUT2D eigenvalue weighted by Gasteiger charge is 2.34. The third-order valence-electron chi connectivity index (χ3n) is 6.41. The number of nitrogens with one attached hydrogen (secondary N) is 2. The van der Waals surface area contributed by atoms with Gasteiger partial charge in [-0.25, -0.2) is 4.98 Å². The maximum atomic E-state index is 13.5. The number of halogens is 4. The molecule has 0 spiro atoms. The average Bonchev–Trinajstić information content (AvgIpc) is 3.20. The molecule has 3 heterocycles. The fourth-order valence-corrected chi connectivity index (χ4v) is 4.68. The second kappa shape index (κ2) is 11.1. The number of anilines is 2. The fourth-order valence-electron chi connectivity index (χ4n) is 4.32. The van der Waals surface area contributed by atoms with E-state index in [0.29, 0.717) is 39.3 Å². The van der Waals surface area contributed by atoms with E-state index in [9.17, 15) is 22.8 Å². The van der Waals surface area contributed by atoms with Crippen molar-refractivity contribution >= 4 is 50.0 Å². The summed E-state index contributed by atoms with van der Waals surface area (Å²) in [5, 5.41) is 10.3. The molecule has 0 atom stereocenters. The van der Waals surface area contributed by atoms with Gasteiger partial charge in [0.2, 0.25) is 0 Å². The Labute approximate surface area is 240 Å². The molecule has 12 heteroatoms. The van der Waals surface area contributed by atoms with E-state index in [1.54, 1.807) is 79.5 Å². The van der Waals surface area contributed by atoms with Crippen LogP contribution < -0.4 is 10.6 Å². The minimum absolute atomic E-state index is 0.0511. The first-order valence-electron chi connectivity index (χ1n) is 12.3. The maximum Gasteiger partial charge on any atom is 0.433 e. The van der Waals surface area contributed by atoms with Crippen LogP contribution in [-0.4, -0.2) is 31.6 Å². The normalized spacial score (nSPS) is 11.5. The van der Waals surface area contributed by atoms with Crippen LogP contribution in [-0.2, 0) is 12.7 Å². The van der Waals surface area contributed by atoms with Gasteiger partial charge in [0.1, 0.15) is 5.69 Å². The second-order valence-corrected chi connectivity index (χ2v) is 10.2. The zero-order chi connectivity index (χ0) is 29.3. The van der Waals surface area contributed by atoms with Gasteiger partial charge in [-0.15, -0.1) is 0 Å². The van der Waals surface area contributed by atoms with Crippen molar-refractivity contribution in [1.29, 1.82) is 0 Å². The SMILES string of the molecule is Cc1nn(Cc2ccc(C(=O)Nc3ccncc3)cc2)c(C)c1NC(=O)c1cc(C(F)(F)F)nc2ccc(Br)cc12. The predicted molar refractivity (Wildman–Crippen MR) is 152 cm³/mol. The number of benzene rings is 2. The molecule has 0 saturated heterocycles. The van der Waals surface area contributed by atoms with Gasteiger partial charge in [0.15, 0.2) is 0 Å². The number of rotatable bonds is 6. The molecule has 0 aliphatic carbocycles. The number of carbonyl (C=O) groups is 2. The summed E-state index contributed by atoms with van der Waals surface area (Å²) in [4.78, 5) is 33.5. The number of carbonyl (C=O) groups excluding carboxylic acids is 2. The van der Waals surface area contributed by atoms with Crippen molar-refractivity contribution < 1.29 is 22.8 Å². The number of nitrogens with zero attached hydrogens (tertiary/aromatic N) is 4. The van der Waals surface area contributed by atoms with Crippen molar-refractivity contribution in [1.82, 2.24) is 19.7 Å². The van der Waals surface area contributed by atoms with E-state index in [4.69, 9.17) is 0 Å². The molecule has 8 nitrogen and oxygen atoms in total. The summed E-state index contributed by atoms with van der Waals surface area (Å²) in [7, 11) is 0. The molecule has 0 unspecified atom stereocenters. The van der Waals surface area contributed by atoms with E-state index in [2.05, 4.69) is 41.6 Å². The number of aryl methyl sites for hydroxylation is 1. The van der Waals surface area contributed by atoms with Crippen molar-refractivity contribution in [3.63, 3.8) is 0 Å². The lowest BCUT2D eigenvalue weighted by Crippen LogP contribution is -2.17.